The molecule has 3 rings (SSSR count). The van der Waals surface area contributed by atoms with Crippen molar-refractivity contribution in [1.29, 1.82) is 0 Å². The largest absolute Gasteiger partial charge is 0.497 e. The van der Waals surface area contributed by atoms with E-state index in [-0.39, 0.29) is 0 Å². The Labute approximate surface area is 180 Å². The minimum Gasteiger partial charge on any atom is -0.497 e. The topological polar surface area (TPSA) is 57.9 Å². The minimum atomic E-state index is -4.20. The van der Waals surface area contributed by atoms with E-state index in [0.29, 0.717) is 45.2 Å². The molecular formula is C21H29F3N6O. The summed E-state index contributed by atoms with van der Waals surface area (Å²) in [6, 6.07) is 8.06. The highest BCUT2D eigenvalue weighted by molar-refractivity contribution is 5.80. The van der Waals surface area contributed by atoms with Crippen LogP contribution in [0.4, 0.5) is 13.2 Å². The molecule has 0 spiro atoms. The molecule has 1 aliphatic heterocycles. The summed E-state index contributed by atoms with van der Waals surface area (Å²) in [7, 11) is 1.62. The lowest BCUT2D eigenvalue weighted by Gasteiger charge is -2.39. The zero-order valence-electron chi connectivity index (χ0n) is 18.1. The Morgan fingerprint density at radius 3 is 2.42 bits per heavy atom. The standard InChI is InChI=1S/C21H29F3N6O/c1-4-25-20(29-13-11-28(12-14-29)16(2)21(22,23)24)26-15-17-9-10-30(27-17)18-5-7-19(31-3)8-6-18/h5-10,16H,4,11-15H2,1-3H3,(H,25,26). The number of halogens is 3. The fraction of sp³-hybridized carbons (Fsp3) is 0.524. The number of hydrogen-bond donors (Lipinski definition) is 1. The molecule has 0 amide bonds. The van der Waals surface area contributed by atoms with Gasteiger partial charge in [0.25, 0.3) is 0 Å². The summed E-state index contributed by atoms with van der Waals surface area (Å²) in [5.41, 5.74) is 1.72. The Morgan fingerprint density at radius 2 is 1.84 bits per heavy atom. The number of hydrogen-bond acceptors (Lipinski definition) is 4. The van der Waals surface area contributed by atoms with Crippen LogP contribution in [0.25, 0.3) is 5.69 Å². The summed E-state index contributed by atoms with van der Waals surface area (Å²) >= 11 is 0. The second-order valence-electron chi connectivity index (χ2n) is 7.36. The number of methoxy groups -OCH3 is 1. The summed E-state index contributed by atoms with van der Waals surface area (Å²) in [4.78, 5) is 8.13. The second-order valence-corrected chi connectivity index (χ2v) is 7.36. The summed E-state index contributed by atoms with van der Waals surface area (Å²) in [6.45, 7) is 5.92. The maximum absolute atomic E-state index is 13.0. The lowest BCUT2D eigenvalue weighted by molar-refractivity contribution is -0.181. The molecule has 1 aromatic carbocycles. The number of piperazine rings is 1. The lowest BCUT2D eigenvalue weighted by atomic mass is 10.2. The van der Waals surface area contributed by atoms with Crippen molar-refractivity contribution in [2.45, 2.75) is 32.6 Å². The van der Waals surface area contributed by atoms with Crippen LogP contribution < -0.4 is 10.1 Å². The highest BCUT2D eigenvalue weighted by Gasteiger charge is 2.41. The van der Waals surface area contributed by atoms with Crippen LogP contribution in [0.15, 0.2) is 41.5 Å². The summed E-state index contributed by atoms with van der Waals surface area (Å²) in [6.07, 6.45) is -2.33. The average Bonchev–Trinajstić information content (AvgIpc) is 3.25. The van der Waals surface area contributed by atoms with Crippen molar-refractivity contribution in [3.63, 3.8) is 0 Å². The molecule has 0 aliphatic carbocycles. The predicted octanol–water partition coefficient (Wildman–Crippen LogP) is 2.91. The van der Waals surface area contributed by atoms with E-state index in [1.807, 2.05) is 48.4 Å². The van der Waals surface area contributed by atoms with Gasteiger partial charge in [0.05, 0.1) is 25.0 Å². The molecule has 1 aliphatic rings. The van der Waals surface area contributed by atoms with Gasteiger partial charge in [-0.3, -0.25) is 4.90 Å². The highest BCUT2D eigenvalue weighted by Crippen LogP contribution is 2.25. The molecule has 10 heteroatoms. The first kappa shape index (κ1) is 22.9. The number of aliphatic imine (C=N–C) groups is 1. The van der Waals surface area contributed by atoms with Gasteiger partial charge in [-0.1, -0.05) is 0 Å². The first-order valence-corrected chi connectivity index (χ1v) is 10.3. The zero-order valence-corrected chi connectivity index (χ0v) is 18.1. The third-order valence-corrected chi connectivity index (χ3v) is 5.34. The summed E-state index contributed by atoms with van der Waals surface area (Å²) < 4.78 is 45.9. The molecule has 1 fully saturated rings. The van der Waals surface area contributed by atoms with Crippen LogP contribution in [0.2, 0.25) is 0 Å². The van der Waals surface area contributed by atoms with Gasteiger partial charge in [-0.05, 0) is 44.2 Å². The van der Waals surface area contributed by atoms with Gasteiger partial charge < -0.3 is 15.0 Å². The van der Waals surface area contributed by atoms with E-state index in [2.05, 4.69) is 15.4 Å². The van der Waals surface area contributed by atoms with Crippen LogP contribution in [-0.4, -0.2) is 77.6 Å². The van der Waals surface area contributed by atoms with E-state index in [1.165, 1.54) is 11.8 Å². The molecule has 1 N–H and O–H groups in total. The quantitative estimate of drug-likeness (QED) is 0.555. The smallest absolute Gasteiger partial charge is 0.403 e. The van der Waals surface area contributed by atoms with Crippen LogP contribution in [-0.2, 0) is 6.54 Å². The van der Waals surface area contributed by atoms with Crippen molar-refractivity contribution < 1.29 is 17.9 Å². The van der Waals surface area contributed by atoms with Crippen molar-refractivity contribution in [3.8, 4) is 11.4 Å². The Balaban J connectivity index is 1.62. The van der Waals surface area contributed by atoms with Gasteiger partial charge in [0.2, 0.25) is 0 Å². The van der Waals surface area contributed by atoms with Crippen molar-refractivity contribution in [1.82, 2.24) is 24.9 Å². The third kappa shape index (κ3) is 5.90. The minimum absolute atomic E-state index is 0.344. The highest BCUT2D eigenvalue weighted by atomic mass is 19.4. The number of nitrogens with one attached hydrogen (secondary N) is 1. The number of alkyl halides is 3. The van der Waals surface area contributed by atoms with E-state index >= 15 is 0 Å². The Bertz CT molecular complexity index is 857. The van der Waals surface area contributed by atoms with Gasteiger partial charge >= 0.3 is 6.18 Å². The van der Waals surface area contributed by atoms with Crippen LogP contribution in [0, 0.1) is 0 Å². The SMILES string of the molecule is CCNC(=NCc1ccn(-c2ccc(OC)cc2)n1)N1CCN(C(C)C(F)(F)F)CC1. The molecule has 31 heavy (non-hydrogen) atoms. The molecule has 0 saturated carbocycles. The maximum atomic E-state index is 13.0. The number of benzene rings is 1. The molecule has 7 nitrogen and oxygen atoms in total. The molecule has 1 saturated heterocycles. The fourth-order valence-electron chi connectivity index (χ4n) is 3.43. The van der Waals surface area contributed by atoms with Gasteiger partial charge in [-0.15, -0.1) is 0 Å². The Hall–Kier alpha value is -2.75. The van der Waals surface area contributed by atoms with E-state index in [4.69, 9.17) is 4.74 Å². The molecule has 0 radical (unpaired) electrons. The van der Waals surface area contributed by atoms with Crippen LogP contribution in [0.5, 0.6) is 5.75 Å². The predicted molar refractivity (Wildman–Crippen MR) is 114 cm³/mol. The molecule has 170 valence electrons. The average molecular weight is 438 g/mol. The number of rotatable bonds is 6. The van der Waals surface area contributed by atoms with Crippen molar-refractivity contribution >= 4 is 5.96 Å². The fourth-order valence-corrected chi connectivity index (χ4v) is 3.43. The van der Waals surface area contributed by atoms with Gasteiger partial charge in [-0.2, -0.15) is 18.3 Å². The van der Waals surface area contributed by atoms with Gasteiger partial charge in [-0.25, -0.2) is 9.67 Å². The van der Waals surface area contributed by atoms with E-state index in [9.17, 15) is 13.2 Å². The second kappa shape index (κ2) is 10.0. The normalized spacial score (nSPS) is 17.0. The van der Waals surface area contributed by atoms with Crippen molar-refractivity contribution in [2.75, 3.05) is 39.8 Å². The molecule has 1 unspecified atom stereocenters. The first-order valence-electron chi connectivity index (χ1n) is 10.3. The monoisotopic (exact) mass is 438 g/mol. The summed E-state index contributed by atoms with van der Waals surface area (Å²) in [5, 5.41) is 7.80. The number of aromatic nitrogens is 2. The van der Waals surface area contributed by atoms with Gasteiger partial charge in [0, 0.05) is 38.9 Å². The van der Waals surface area contributed by atoms with Crippen molar-refractivity contribution in [2.24, 2.45) is 4.99 Å². The lowest BCUT2D eigenvalue weighted by Crippen LogP contribution is -2.56. The molecule has 2 heterocycles. The first-order chi connectivity index (χ1) is 14.8. The molecular weight excluding hydrogens is 409 g/mol. The Morgan fingerprint density at radius 1 is 1.16 bits per heavy atom. The molecule has 1 aromatic heterocycles. The third-order valence-electron chi connectivity index (χ3n) is 5.34. The van der Waals surface area contributed by atoms with E-state index < -0.39 is 12.2 Å². The number of nitrogens with zero attached hydrogens (tertiary/aromatic N) is 5. The van der Waals surface area contributed by atoms with E-state index in [1.54, 1.807) is 11.8 Å². The summed E-state index contributed by atoms with van der Waals surface area (Å²) in [5.74, 6) is 1.47. The van der Waals surface area contributed by atoms with Gasteiger partial charge in [0.15, 0.2) is 5.96 Å². The molecule has 0 bridgehead atoms. The van der Waals surface area contributed by atoms with Crippen LogP contribution in [0.1, 0.15) is 19.5 Å². The molecule has 1 atom stereocenters. The van der Waals surface area contributed by atoms with Crippen LogP contribution in [0.3, 0.4) is 0 Å². The molecule has 2 aromatic rings. The maximum Gasteiger partial charge on any atom is 0.403 e. The van der Waals surface area contributed by atoms with Crippen LogP contribution >= 0.6 is 0 Å². The number of guanidine groups is 1. The van der Waals surface area contributed by atoms with Crippen molar-refractivity contribution in [3.05, 3.63) is 42.2 Å². The van der Waals surface area contributed by atoms with E-state index in [0.717, 1.165) is 17.1 Å². The van der Waals surface area contributed by atoms with Gasteiger partial charge in [0.1, 0.15) is 11.8 Å². The number of ether oxygens (including phenoxy) is 1. The zero-order chi connectivity index (χ0) is 22.4. The Kier molecular flexibility index (Phi) is 7.42.